The first-order valence-corrected chi connectivity index (χ1v) is 9.55. The van der Waals surface area contributed by atoms with Crippen LogP contribution in [0.3, 0.4) is 0 Å². The highest BCUT2D eigenvalue weighted by molar-refractivity contribution is 6.36. The van der Waals surface area contributed by atoms with Crippen LogP contribution in [-0.4, -0.2) is 52.7 Å². The zero-order chi connectivity index (χ0) is 21.1. The largest absolute Gasteiger partial charge is 0.366 e. The van der Waals surface area contributed by atoms with Crippen LogP contribution in [0.15, 0.2) is 36.4 Å². The average Bonchev–Trinajstić information content (AvgIpc) is 2.68. The molecule has 1 fully saturated rings. The number of piperazine rings is 1. The minimum absolute atomic E-state index is 0.0932. The Morgan fingerprint density at radius 2 is 1.76 bits per heavy atom. The summed E-state index contributed by atoms with van der Waals surface area (Å²) in [5, 5.41) is 12.1. The second-order valence-corrected chi connectivity index (χ2v) is 7.50. The second-order valence-electron chi connectivity index (χ2n) is 6.66. The minimum Gasteiger partial charge on any atom is -0.366 e. The Morgan fingerprint density at radius 3 is 2.34 bits per heavy atom. The summed E-state index contributed by atoms with van der Waals surface area (Å²) < 4.78 is 0. The number of halogens is 2. The Labute approximate surface area is 176 Å². The van der Waals surface area contributed by atoms with Crippen molar-refractivity contribution in [2.24, 2.45) is 5.73 Å². The van der Waals surface area contributed by atoms with Crippen molar-refractivity contribution in [3.8, 4) is 0 Å². The lowest BCUT2D eigenvalue weighted by Crippen LogP contribution is -2.48. The molecule has 3 rings (SSSR count). The normalized spacial score (nSPS) is 14.6. The standard InChI is InChI=1S/C19H18Cl2N4O4/c20-14-3-4-15(16(21)10-14)19(27)24-7-5-23(6-8-24)11-13-2-1-12(18(22)26)9-17(13)25(28)29/h1-4,9-10H,5-8,11H2,(H2,22,26). The van der Waals surface area contributed by atoms with E-state index in [0.29, 0.717) is 53.9 Å². The fraction of sp³-hybridized carbons (Fsp3) is 0.263. The first-order chi connectivity index (χ1) is 13.8. The summed E-state index contributed by atoms with van der Waals surface area (Å²) in [6.07, 6.45) is 0. The number of rotatable bonds is 5. The van der Waals surface area contributed by atoms with Crippen LogP contribution in [0.25, 0.3) is 0 Å². The van der Waals surface area contributed by atoms with Gasteiger partial charge in [-0.15, -0.1) is 0 Å². The number of hydrogen-bond acceptors (Lipinski definition) is 5. The summed E-state index contributed by atoms with van der Waals surface area (Å²) >= 11 is 12.0. The molecular formula is C19H18Cl2N4O4. The monoisotopic (exact) mass is 436 g/mol. The SMILES string of the molecule is NC(=O)c1ccc(CN2CCN(C(=O)c3ccc(Cl)cc3Cl)CC2)c([N+](=O)[O-])c1. The molecule has 1 heterocycles. The first kappa shape index (κ1) is 21.0. The lowest BCUT2D eigenvalue weighted by Gasteiger charge is -2.34. The minimum atomic E-state index is -0.715. The molecule has 0 bridgehead atoms. The topological polar surface area (TPSA) is 110 Å². The van der Waals surface area contributed by atoms with Gasteiger partial charge in [-0.1, -0.05) is 29.3 Å². The Kier molecular flexibility index (Phi) is 6.36. The molecule has 2 aromatic rings. The smallest absolute Gasteiger partial charge is 0.274 e. The number of primary amides is 1. The summed E-state index contributed by atoms with van der Waals surface area (Å²) in [6, 6.07) is 8.96. The van der Waals surface area contributed by atoms with Crippen molar-refractivity contribution in [1.29, 1.82) is 0 Å². The molecule has 0 aliphatic carbocycles. The molecule has 0 spiro atoms. The van der Waals surface area contributed by atoms with Crippen molar-refractivity contribution >= 4 is 40.7 Å². The Balaban J connectivity index is 1.66. The van der Waals surface area contributed by atoms with E-state index in [2.05, 4.69) is 0 Å². The highest BCUT2D eigenvalue weighted by Gasteiger charge is 2.25. The number of hydrogen-bond donors (Lipinski definition) is 1. The first-order valence-electron chi connectivity index (χ1n) is 8.80. The van der Waals surface area contributed by atoms with Gasteiger partial charge in [0.05, 0.1) is 15.5 Å². The molecular weight excluding hydrogens is 419 g/mol. The molecule has 0 saturated carbocycles. The van der Waals surface area contributed by atoms with Gasteiger partial charge in [-0.25, -0.2) is 0 Å². The zero-order valence-corrected chi connectivity index (χ0v) is 16.8. The number of amides is 2. The van der Waals surface area contributed by atoms with Crippen LogP contribution in [0.4, 0.5) is 5.69 Å². The number of nitrogens with zero attached hydrogens (tertiary/aromatic N) is 3. The van der Waals surface area contributed by atoms with Crippen molar-refractivity contribution < 1.29 is 14.5 Å². The lowest BCUT2D eigenvalue weighted by atomic mass is 10.1. The number of carbonyl (C=O) groups is 2. The van der Waals surface area contributed by atoms with Crippen LogP contribution >= 0.6 is 23.2 Å². The van der Waals surface area contributed by atoms with Crippen LogP contribution in [0, 0.1) is 10.1 Å². The van der Waals surface area contributed by atoms with E-state index < -0.39 is 10.8 Å². The number of carbonyl (C=O) groups excluding carboxylic acids is 2. The van der Waals surface area contributed by atoms with Gasteiger partial charge in [-0.2, -0.15) is 0 Å². The van der Waals surface area contributed by atoms with Crippen molar-refractivity contribution in [2.45, 2.75) is 6.54 Å². The van der Waals surface area contributed by atoms with Crippen LogP contribution < -0.4 is 5.73 Å². The highest BCUT2D eigenvalue weighted by atomic mass is 35.5. The molecule has 29 heavy (non-hydrogen) atoms. The van der Waals surface area contributed by atoms with E-state index in [1.54, 1.807) is 23.1 Å². The van der Waals surface area contributed by atoms with Crippen LogP contribution in [0.2, 0.25) is 10.0 Å². The predicted molar refractivity (Wildman–Crippen MR) is 109 cm³/mol. The quantitative estimate of drug-likeness (QED) is 0.571. The summed E-state index contributed by atoms with van der Waals surface area (Å²) in [5.41, 5.74) is 6.03. The molecule has 8 nitrogen and oxygen atoms in total. The average molecular weight is 437 g/mol. The van der Waals surface area contributed by atoms with E-state index >= 15 is 0 Å². The van der Waals surface area contributed by atoms with E-state index in [-0.39, 0.29) is 17.2 Å². The highest BCUT2D eigenvalue weighted by Crippen LogP contribution is 2.25. The van der Waals surface area contributed by atoms with E-state index in [4.69, 9.17) is 28.9 Å². The fourth-order valence-electron chi connectivity index (χ4n) is 3.20. The number of nitrogens with two attached hydrogens (primary N) is 1. The third-order valence-electron chi connectivity index (χ3n) is 4.78. The summed E-state index contributed by atoms with van der Waals surface area (Å²) in [7, 11) is 0. The van der Waals surface area contributed by atoms with E-state index in [1.165, 1.54) is 18.2 Å². The molecule has 1 aliphatic heterocycles. The van der Waals surface area contributed by atoms with Crippen LogP contribution in [0.5, 0.6) is 0 Å². The number of nitro groups is 1. The van der Waals surface area contributed by atoms with Gasteiger partial charge < -0.3 is 10.6 Å². The lowest BCUT2D eigenvalue weighted by molar-refractivity contribution is -0.385. The maximum absolute atomic E-state index is 12.7. The van der Waals surface area contributed by atoms with Crippen molar-refractivity contribution in [3.05, 3.63) is 73.2 Å². The summed E-state index contributed by atoms with van der Waals surface area (Å²) in [5.74, 6) is -0.893. The van der Waals surface area contributed by atoms with Gasteiger partial charge in [0.1, 0.15) is 0 Å². The van der Waals surface area contributed by atoms with Crippen LogP contribution in [0.1, 0.15) is 26.3 Å². The molecule has 0 radical (unpaired) electrons. The fourth-order valence-corrected chi connectivity index (χ4v) is 3.69. The molecule has 0 unspecified atom stereocenters. The summed E-state index contributed by atoms with van der Waals surface area (Å²) in [4.78, 5) is 38.5. The molecule has 152 valence electrons. The van der Waals surface area contributed by atoms with E-state index in [9.17, 15) is 19.7 Å². The zero-order valence-electron chi connectivity index (χ0n) is 15.3. The van der Waals surface area contributed by atoms with Gasteiger partial charge in [0.15, 0.2) is 0 Å². The van der Waals surface area contributed by atoms with Crippen molar-refractivity contribution in [3.63, 3.8) is 0 Å². The Bertz CT molecular complexity index is 975. The third kappa shape index (κ3) is 4.84. The molecule has 1 aliphatic rings. The van der Waals surface area contributed by atoms with E-state index in [1.807, 2.05) is 4.90 Å². The Hall–Kier alpha value is -2.68. The van der Waals surface area contributed by atoms with Gasteiger partial charge in [0.25, 0.3) is 11.6 Å². The maximum Gasteiger partial charge on any atom is 0.274 e. The molecule has 10 heteroatoms. The molecule has 0 aromatic heterocycles. The van der Waals surface area contributed by atoms with Gasteiger partial charge in [-0.3, -0.25) is 24.6 Å². The second kappa shape index (κ2) is 8.77. The predicted octanol–water partition coefficient (Wildman–Crippen LogP) is 2.96. The van der Waals surface area contributed by atoms with Gasteiger partial charge in [0.2, 0.25) is 5.91 Å². The molecule has 2 N–H and O–H groups in total. The van der Waals surface area contributed by atoms with Gasteiger partial charge >= 0.3 is 0 Å². The number of nitro benzene ring substituents is 1. The van der Waals surface area contributed by atoms with Crippen molar-refractivity contribution in [2.75, 3.05) is 26.2 Å². The maximum atomic E-state index is 12.7. The van der Waals surface area contributed by atoms with E-state index in [0.717, 1.165) is 0 Å². The van der Waals surface area contributed by atoms with Gasteiger partial charge in [-0.05, 0) is 24.3 Å². The summed E-state index contributed by atoms with van der Waals surface area (Å²) in [6.45, 7) is 2.35. The third-order valence-corrected chi connectivity index (χ3v) is 5.33. The van der Waals surface area contributed by atoms with Crippen LogP contribution in [-0.2, 0) is 6.54 Å². The number of benzene rings is 2. The molecule has 2 aromatic carbocycles. The molecule has 0 atom stereocenters. The van der Waals surface area contributed by atoms with Gasteiger partial charge in [0, 0.05) is 54.9 Å². The Morgan fingerprint density at radius 1 is 1.07 bits per heavy atom. The van der Waals surface area contributed by atoms with Crippen molar-refractivity contribution in [1.82, 2.24) is 9.80 Å². The molecule has 1 saturated heterocycles. The molecule has 2 amide bonds.